The maximum Gasteiger partial charge on any atom is 0.414 e. The van der Waals surface area contributed by atoms with Crippen LogP contribution in [0.15, 0.2) is 36.9 Å². The van der Waals surface area contributed by atoms with Crippen LogP contribution in [0, 0.1) is 5.92 Å². The Kier molecular flexibility index (Phi) is 7.34. The first kappa shape index (κ1) is 21.8. The van der Waals surface area contributed by atoms with Gasteiger partial charge in [-0.1, -0.05) is 36.7 Å². The topological polar surface area (TPSA) is 40.5 Å². The number of hydrogen-bond acceptors (Lipinski definition) is 2. The van der Waals surface area contributed by atoms with Crippen LogP contribution in [0.3, 0.4) is 0 Å². The highest BCUT2D eigenvalue weighted by Gasteiger charge is 2.44. The van der Waals surface area contributed by atoms with E-state index in [0.717, 1.165) is 5.56 Å². The Balaban J connectivity index is 2.35. The fourth-order valence-electron chi connectivity index (χ4n) is 3.72. The van der Waals surface area contributed by atoms with Crippen molar-refractivity contribution < 1.29 is 23.1 Å². The summed E-state index contributed by atoms with van der Waals surface area (Å²) in [5, 5.41) is 10.1. The third-order valence-corrected chi connectivity index (χ3v) is 5.42. The molecule has 1 aliphatic heterocycles. The molecule has 1 saturated heterocycles. The number of aliphatic hydroxyl groups is 1. The monoisotopic (exact) mass is 403 g/mol. The second kappa shape index (κ2) is 9.11. The van der Waals surface area contributed by atoms with Crippen LogP contribution in [-0.4, -0.2) is 34.2 Å². The zero-order chi connectivity index (χ0) is 20.2. The first-order valence-corrected chi connectivity index (χ1v) is 9.50. The predicted molar refractivity (Wildman–Crippen MR) is 99.3 cm³/mol. The molecule has 7 heteroatoms. The quantitative estimate of drug-likeness (QED) is 0.628. The summed E-state index contributed by atoms with van der Waals surface area (Å²) >= 11 is 5.94. The van der Waals surface area contributed by atoms with Crippen LogP contribution in [0.4, 0.5) is 13.2 Å². The fourth-order valence-corrected chi connectivity index (χ4v) is 3.85. The summed E-state index contributed by atoms with van der Waals surface area (Å²) in [6.07, 6.45) is -3.93. The lowest BCUT2D eigenvalue weighted by atomic mass is 9.84. The van der Waals surface area contributed by atoms with Crippen LogP contribution in [0.2, 0.25) is 5.02 Å². The third kappa shape index (κ3) is 5.26. The van der Waals surface area contributed by atoms with Gasteiger partial charge in [-0.3, -0.25) is 4.79 Å². The lowest BCUT2D eigenvalue weighted by molar-refractivity contribution is -0.210. The van der Waals surface area contributed by atoms with Crippen molar-refractivity contribution in [2.45, 2.75) is 63.4 Å². The lowest BCUT2D eigenvalue weighted by Gasteiger charge is -2.44. The van der Waals surface area contributed by atoms with Gasteiger partial charge in [0, 0.05) is 23.4 Å². The van der Waals surface area contributed by atoms with E-state index in [1.807, 2.05) is 0 Å². The van der Waals surface area contributed by atoms with E-state index in [0.29, 0.717) is 30.7 Å². The van der Waals surface area contributed by atoms with Crippen LogP contribution >= 0.6 is 11.6 Å². The van der Waals surface area contributed by atoms with Gasteiger partial charge in [-0.15, -0.1) is 6.58 Å². The summed E-state index contributed by atoms with van der Waals surface area (Å²) in [6, 6.07) is 5.98. The van der Waals surface area contributed by atoms with Gasteiger partial charge in [0.15, 0.2) is 6.10 Å². The number of hydrogen-bond donors (Lipinski definition) is 1. The van der Waals surface area contributed by atoms with Crippen molar-refractivity contribution in [3.05, 3.63) is 47.5 Å². The van der Waals surface area contributed by atoms with Crippen molar-refractivity contribution in [3.8, 4) is 0 Å². The maximum atomic E-state index is 13.1. The number of likely N-dealkylation sites (tertiary alicyclic amines) is 1. The van der Waals surface area contributed by atoms with E-state index < -0.39 is 24.7 Å². The molecule has 1 heterocycles. The molecular weight excluding hydrogens is 379 g/mol. The van der Waals surface area contributed by atoms with Crippen LogP contribution < -0.4 is 0 Å². The van der Waals surface area contributed by atoms with E-state index in [9.17, 15) is 23.1 Å². The minimum atomic E-state index is -4.71. The summed E-state index contributed by atoms with van der Waals surface area (Å²) in [6.45, 7) is 5.41. The van der Waals surface area contributed by atoms with Gasteiger partial charge in [-0.05, 0) is 43.4 Å². The van der Waals surface area contributed by atoms with E-state index in [2.05, 4.69) is 6.58 Å². The third-order valence-electron chi connectivity index (χ3n) is 5.17. The summed E-state index contributed by atoms with van der Waals surface area (Å²) < 4.78 is 38.7. The fraction of sp³-hybridized carbons (Fsp3) is 0.550. The van der Waals surface area contributed by atoms with Gasteiger partial charge in [0.2, 0.25) is 5.91 Å². The van der Waals surface area contributed by atoms with Gasteiger partial charge >= 0.3 is 6.18 Å². The normalized spacial score (nSPS) is 23.2. The zero-order valence-electron chi connectivity index (χ0n) is 15.3. The van der Waals surface area contributed by atoms with Crippen LogP contribution in [0.1, 0.15) is 50.6 Å². The molecule has 0 bridgehead atoms. The molecule has 1 aromatic rings. The number of piperidine rings is 1. The Bertz CT molecular complexity index is 648. The smallest absolute Gasteiger partial charge is 0.384 e. The second-order valence-electron chi connectivity index (χ2n) is 6.97. The molecule has 3 nitrogen and oxygen atoms in total. The number of rotatable bonds is 7. The van der Waals surface area contributed by atoms with E-state index >= 15 is 0 Å². The molecule has 0 saturated carbocycles. The summed E-state index contributed by atoms with van der Waals surface area (Å²) in [4.78, 5) is 14.6. The average molecular weight is 404 g/mol. The number of aliphatic hydroxyl groups excluding tert-OH is 1. The van der Waals surface area contributed by atoms with Crippen molar-refractivity contribution in [1.82, 2.24) is 4.90 Å². The molecule has 0 aromatic heterocycles. The number of carbonyl (C=O) groups excluding carboxylic acids is 1. The Labute approximate surface area is 162 Å². The number of halogens is 4. The number of carbonyl (C=O) groups is 1. The van der Waals surface area contributed by atoms with Gasteiger partial charge in [-0.2, -0.15) is 13.2 Å². The largest absolute Gasteiger partial charge is 0.414 e. The van der Waals surface area contributed by atoms with E-state index in [1.165, 1.54) is 0 Å². The van der Waals surface area contributed by atoms with Crippen molar-refractivity contribution >= 4 is 17.5 Å². The van der Waals surface area contributed by atoms with Crippen LogP contribution in [0.25, 0.3) is 0 Å². The minimum absolute atomic E-state index is 0.178. The summed E-state index contributed by atoms with van der Waals surface area (Å²) in [5.74, 6) is -0.467. The van der Waals surface area contributed by atoms with E-state index in [1.54, 1.807) is 42.2 Å². The second-order valence-corrected chi connectivity index (χ2v) is 7.40. The van der Waals surface area contributed by atoms with Gasteiger partial charge in [0.25, 0.3) is 0 Å². The molecule has 27 heavy (non-hydrogen) atoms. The van der Waals surface area contributed by atoms with E-state index in [-0.39, 0.29) is 17.9 Å². The van der Waals surface area contributed by atoms with Crippen molar-refractivity contribution in [2.24, 2.45) is 5.92 Å². The van der Waals surface area contributed by atoms with E-state index in [4.69, 9.17) is 11.6 Å². The molecule has 1 N–H and O–H groups in total. The molecule has 2 rings (SSSR count). The molecule has 4 atom stereocenters. The number of allylic oxidation sites excluding steroid dienone is 1. The minimum Gasteiger partial charge on any atom is -0.384 e. The molecule has 1 amide bonds. The van der Waals surface area contributed by atoms with Gasteiger partial charge in [0.05, 0.1) is 6.04 Å². The van der Waals surface area contributed by atoms with Crippen molar-refractivity contribution in [1.29, 1.82) is 0 Å². The SMILES string of the molecule is C=CCC1CCC(c2ccc(Cl)cc2)N(C(CC)CC(O)C(F)(F)F)C1=O. The highest BCUT2D eigenvalue weighted by Crippen LogP contribution is 2.39. The average Bonchev–Trinajstić information content (AvgIpc) is 2.61. The summed E-state index contributed by atoms with van der Waals surface area (Å²) in [5.41, 5.74) is 0.838. The Morgan fingerprint density at radius 2 is 1.96 bits per heavy atom. The molecule has 1 fully saturated rings. The Morgan fingerprint density at radius 1 is 1.33 bits per heavy atom. The van der Waals surface area contributed by atoms with Gasteiger partial charge in [0.1, 0.15) is 0 Å². The number of nitrogens with zero attached hydrogens (tertiary/aromatic N) is 1. The molecule has 0 spiro atoms. The molecule has 0 aliphatic carbocycles. The molecular formula is C20H25ClF3NO2. The summed E-state index contributed by atoms with van der Waals surface area (Å²) in [7, 11) is 0. The molecule has 0 radical (unpaired) electrons. The van der Waals surface area contributed by atoms with Crippen LogP contribution in [-0.2, 0) is 4.79 Å². The number of benzene rings is 1. The standard InChI is InChI=1S/C20H25ClF3NO2/c1-3-5-14-8-11-17(13-6-9-15(21)10-7-13)25(19(14)27)16(4-2)12-18(26)20(22,23)24/h3,6-7,9-10,14,16-18,26H,1,4-5,8,11-12H2,2H3. The number of amides is 1. The van der Waals surface area contributed by atoms with Crippen molar-refractivity contribution in [2.75, 3.05) is 0 Å². The molecule has 4 unspecified atom stereocenters. The molecule has 1 aliphatic rings. The molecule has 1 aromatic carbocycles. The maximum absolute atomic E-state index is 13.1. The molecule has 150 valence electrons. The predicted octanol–water partition coefficient (Wildman–Crippen LogP) is 5.29. The first-order chi connectivity index (χ1) is 12.7. The zero-order valence-corrected chi connectivity index (χ0v) is 16.0. The highest BCUT2D eigenvalue weighted by molar-refractivity contribution is 6.30. The Hall–Kier alpha value is -1.53. The first-order valence-electron chi connectivity index (χ1n) is 9.12. The Morgan fingerprint density at radius 3 is 2.48 bits per heavy atom. The van der Waals surface area contributed by atoms with Crippen LogP contribution in [0.5, 0.6) is 0 Å². The highest BCUT2D eigenvalue weighted by atomic mass is 35.5. The van der Waals surface area contributed by atoms with Gasteiger partial charge in [-0.25, -0.2) is 0 Å². The lowest BCUT2D eigenvalue weighted by Crippen LogP contribution is -2.50. The van der Waals surface area contributed by atoms with Crippen molar-refractivity contribution in [3.63, 3.8) is 0 Å². The van der Waals surface area contributed by atoms with Gasteiger partial charge < -0.3 is 10.0 Å². The number of alkyl halides is 3.